The van der Waals surface area contributed by atoms with E-state index in [0.717, 1.165) is 11.0 Å². The smallest absolute Gasteiger partial charge is 0.338 e. The molecule has 0 saturated carbocycles. The molecule has 8 nitrogen and oxygen atoms in total. The molecule has 0 bridgehead atoms. The molecule has 24 heavy (non-hydrogen) atoms. The maximum Gasteiger partial charge on any atom is 0.338 e. The molecule has 0 atom stereocenters. The lowest BCUT2D eigenvalue weighted by Gasteiger charge is -2.21. The Bertz CT molecular complexity index is 915. The van der Waals surface area contributed by atoms with Crippen LogP contribution >= 0.6 is 0 Å². The number of nitrogens with one attached hydrogen (secondary N) is 1. The van der Waals surface area contributed by atoms with Gasteiger partial charge in [0.1, 0.15) is 6.54 Å². The minimum absolute atomic E-state index is 0.0300. The van der Waals surface area contributed by atoms with E-state index in [1.54, 1.807) is 24.3 Å². The molecule has 0 spiro atoms. The topological polar surface area (TPSA) is 116 Å². The molecule has 0 amide bonds. The number of rotatable bonds is 2. The lowest BCUT2D eigenvalue weighted by Crippen LogP contribution is -2.36. The average molecular weight is 332 g/mol. The first-order valence-electron chi connectivity index (χ1n) is 7.36. The van der Waals surface area contributed by atoms with Crippen molar-refractivity contribution in [3.05, 3.63) is 45.9 Å². The molecule has 0 radical (unpaired) electrons. The van der Waals surface area contributed by atoms with E-state index >= 15 is 0 Å². The molecule has 2 aromatic heterocycles. The van der Waals surface area contributed by atoms with Crippen LogP contribution < -0.4 is 15.4 Å². The van der Waals surface area contributed by atoms with E-state index in [0.29, 0.717) is 15.6 Å². The summed E-state index contributed by atoms with van der Waals surface area (Å²) in [4.78, 5) is 11.5. The Kier molecular flexibility index (Phi) is 5.01. The predicted octanol–water partition coefficient (Wildman–Crippen LogP) is -0.532. The normalized spacial score (nSPS) is 11.3. The Morgan fingerprint density at radius 3 is 2.54 bits per heavy atom. The number of benzene rings is 1. The Balaban J connectivity index is 0.000000256. The number of hydrogen-bond donors (Lipinski definition) is 2. The summed E-state index contributed by atoms with van der Waals surface area (Å²) < 4.78 is 1.31. The standard InChI is InChI=1S/C11H7N3O3.C5H14NO/c15-10-7-5-6-3-1-2-4-8(6)14(17)9(7)11(16)13-12-10;1-6(2,3)4-5-7/h1-5H,(H,12,15)(H,13,16);7H,4-5H2,1-3H3/q;+1/p-1. The van der Waals surface area contributed by atoms with Crippen LogP contribution in [0.2, 0.25) is 0 Å². The van der Waals surface area contributed by atoms with Gasteiger partial charge in [-0.05, 0) is 12.1 Å². The number of hydrogen-bond acceptors (Lipinski definition) is 5. The van der Waals surface area contributed by atoms with Gasteiger partial charge in [-0.3, -0.25) is 4.79 Å². The van der Waals surface area contributed by atoms with Crippen molar-refractivity contribution in [3.63, 3.8) is 0 Å². The SMILES string of the molecule is C[N+](C)(C)CCO.O=c1[nH]nc([O-])c2cc3ccccc3[n+]([O-])c12. The van der Waals surface area contributed by atoms with E-state index in [4.69, 9.17) is 5.11 Å². The summed E-state index contributed by atoms with van der Waals surface area (Å²) in [6.07, 6.45) is 0. The molecule has 2 N–H and O–H groups in total. The van der Waals surface area contributed by atoms with E-state index in [2.05, 4.69) is 26.2 Å². The van der Waals surface area contributed by atoms with Crippen molar-refractivity contribution >= 4 is 21.8 Å². The van der Waals surface area contributed by atoms with E-state index in [1.807, 2.05) is 5.10 Å². The maximum absolute atomic E-state index is 12.0. The number of nitrogens with zero attached hydrogens (tertiary/aromatic N) is 3. The van der Waals surface area contributed by atoms with Crippen LogP contribution in [-0.4, -0.2) is 54.1 Å². The molecule has 128 valence electrons. The molecule has 0 unspecified atom stereocenters. The van der Waals surface area contributed by atoms with Crippen molar-refractivity contribution in [1.29, 1.82) is 0 Å². The molecule has 2 heterocycles. The van der Waals surface area contributed by atoms with Crippen LogP contribution in [-0.2, 0) is 0 Å². The van der Waals surface area contributed by atoms with Crippen LogP contribution in [0, 0.1) is 5.21 Å². The molecule has 8 heteroatoms. The van der Waals surface area contributed by atoms with Gasteiger partial charge in [-0.15, -0.1) is 0 Å². The summed E-state index contributed by atoms with van der Waals surface area (Å²) in [5, 5.41) is 37.8. The van der Waals surface area contributed by atoms with Gasteiger partial charge < -0.3 is 19.9 Å². The van der Waals surface area contributed by atoms with Crippen molar-refractivity contribution in [2.24, 2.45) is 0 Å². The second-order valence-corrected chi connectivity index (χ2v) is 6.36. The fourth-order valence-corrected chi connectivity index (χ4v) is 2.14. The van der Waals surface area contributed by atoms with E-state index in [1.165, 1.54) is 6.07 Å². The van der Waals surface area contributed by atoms with Crippen molar-refractivity contribution in [3.8, 4) is 5.88 Å². The van der Waals surface area contributed by atoms with Gasteiger partial charge in [0.25, 0.3) is 5.52 Å². The van der Waals surface area contributed by atoms with E-state index in [9.17, 15) is 15.1 Å². The summed E-state index contributed by atoms with van der Waals surface area (Å²) in [5.74, 6) is -0.616. The van der Waals surface area contributed by atoms with Gasteiger partial charge in [-0.25, -0.2) is 5.10 Å². The average Bonchev–Trinajstić information content (AvgIpc) is 2.51. The van der Waals surface area contributed by atoms with Crippen molar-refractivity contribution < 1.29 is 19.4 Å². The van der Waals surface area contributed by atoms with Gasteiger partial charge in [-0.1, -0.05) is 12.1 Å². The highest BCUT2D eigenvalue weighted by atomic mass is 16.5. The Morgan fingerprint density at radius 1 is 1.29 bits per heavy atom. The third-order valence-electron chi connectivity index (χ3n) is 3.39. The minimum Gasteiger partial charge on any atom is -0.857 e. The predicted molar refractivity (Wildman–Crippen MR) is 88.3 cm³/mol. The van der Waals surface area contributed by atoms with Crippen LogP contribution in [0.3, 0.4) is 0 Å². The Labute approximate surface area is 138 Å². The first-order chi connectivity index (χ1) is 11.2. The van der Waals surface area contributed by atoms with Crippen LogP contribution in [0.25, 0.3) is 21.8 Å². The number of H-pyrrole nitrogens is 1. The zero-order chi connectivity index (χ0) is 17.9. The fraction of sp³-hybridized carbons (Fsp3) is 0.312. The number of fused-ring (bicyclic) bond motifs is 2. The fourth-order valence-electron chi connectivity index (χ4n) is 2.14. The monoisotopic (exact) mass is 332 g/mol. The highest BCUT2D eigenvalue weighted by molar-refractivity contribution is 5.90. The summed E-state index contributed by atoms with van der Waals surface area (Å²) >= 11 is 0. The Morgan fingerprint density at radius 2 is 1.96 bits per heavy atom. The zero-order valence-electron chi connectivity index (χ0n) is 13.8. The van der Waals surface area contributed by atoms with E-state index in [-0.39, 0.29) is 17.5 Å². The number of likely N-dealkylation sites (N-methyl/N-ethyl adjacent to an activating group) is 1. The number of aromatic amines is 1. The molecule has 0 aliphatic heterocycles. The summed E-state index contributed by atoms with van der Waals surface area (Å²) in [7, 11) is 6.16. The largest absolute Gasteiger partial charge is 0.857 e. The third kappa shape index (κ3) is 3.79. The second-order valence-electron chi connectivity index (χ2n) is 6.36. The highest BCUT2D eigenvalue weighted by Crippen LogP contribution is 2.18. The zero-order valence-corrected chi connectivity index (χ0v) is 13.8. The van der Waals surface area contributed by atoms with Crippen LogP contribution in [0.4, 0.5) is 0 Å². The number of aliphatic hydroxyl groups excluding tert-OH is 1. The first-order valence-corrected chi connectivity index (χ1v) is 7.36. The number of quaternary nitrogens is 1. The molecule has 0 aliphatic rings. The van der Waals surface area contributed by atoms with Gasteiger partial charge >= 0.3 is 5.56 Å². The quantitative estimate of drug-likeness (QED) is 0.283. The summed E-state index contributed by atoms with van der Waals surface area (Å²) in [6.45, 7) is 1.11. The van der Waals surface area contributed by atoms with Crippen LogP contribution in [0.15, 0.2) is 35.1 Å². The number of aliphatic hydroxyl groups is 1. The maximum atomic E-state index is 12.0. The van der Waals surface area contributed by atoms with Gasteiger partial charge in [0.2, 0.25) is 5.52 Å². The number of para-hydroxylation sites is 1. The molecule has 3 aromatic rings. The molecule has 0 saturated heterocycles. The molecule has 3 rings (SSSR count). The van der Waals surface area contributed by atoms with Crippen LogP contribution in [0.5, 0.6) is 5.88 Å². The molecular formula is C16H20N4O4. The van der Waals surface area contributed by atoms with Gasteiger partial charge in [0, 0.05) is 17.3 Å². The van der Waals surface area contributed by atoms with E-state index < -0.39 is 11.4 Å². The molecular weight excluding hydrogens is 312 g/mol. The van der Waals surface area contributed by atoms with Gasteiger partial charge in [0.05, 0.1) is 33.1 Å². The molecule has 0 fully saturated rings. The van der Waals surface area contributed by atoms with Crippen LogP contribution in [0.1, 0.15) is 0 Å². The Hall–Kier alpha value is -2.71. The molecule has 0 aliphatic carbocycles. The minimum atomic E-state index is -0.666. The summed E-state index contributed by atoms with van der Waals surface area (Å²) in [6, 6.07) is 8.23. The van der Waals surface area contributed by atoms with Crippen molar-refractivity contribution in [2.75, 3.05) is 34.3 Å². The van der Waals surface area contributed by atoms with Gasteiger partial charge in [-0.2, -0.15) is 9.83 Å². The molecule has 1 aromatic carbocycles. The lowest BCUT2D eigenvalue weighted by molar-refractivity contribution is -0.870. The van der Waals surface area contributed by atoms with Crippen molar-refractivity contribution in [2.45, 2.75) is 0 Å². The number of aromatic nitrogens is 3. The highest BCUT2D eigenvalue weighted by Gasteiger charge is 2.14. The number of pyridine rings is 1. The third-order valence-corrected chi connectivity index (χ3v) is 3.39. The summed E-state index contributed by atoms with van der Waals surface area (Å²) in [5.41, 5.74) is -0.528. The first kappa shape index (κ1) is 17.6. The lowest BCUT2D eigenvalue weighted by atomic mass is 10.1. The van der Waals surface area contributed by atoms with Crippen molar-refractivity contribution in [1.82, 2.24) is 10.2 Å². The second kappa shape index (κ2) is 6.81. The van der Waals surface area contributed by atoms with Gasteiger partial charge in [0.15, 0.2) is 0 Å².